The van der Waals surface area contributed by atoms with Gasteiger partial charge in [0.15, 0.2) is 6.29 Å². The van der Waals surface area contributed by atoms with Gasteiger partial charge in [-0.2, -0.15) is 0 Å². The molecule has 0 spiro atoms. The van der Waals surface area contributed by atoms with E-state index in [0.29, 0.717) is 6.54 Å². The Morgan fingerprint density at radius 3 is 2.81 bits per heavy atom. The first kappa shape index (κ1) is 17.4. The molecular weight excluding hydrogens is 340 g/mol. The molecule has 0 aliphatic carbocycles. The standard InChI is InChI=1S/C21H22N4O2/c1-2-11-26-21(5-1)27-18-8-6-17(7-9-18)19-12-20(25-15-24-19)23-14-16-4-3-10-22-13-16/h3-4,6-10,12-13,15,21H,1-2,5,11,14H2,(H,23,24,25). The van der Waals surface area contributed by atoms with E-state index in [2.05, 4.69) is 20.3 Å². The Hall–Kier alpha value is -2.99. The van der Waals surface area contributed by atoms with Crippen molar-refractivity contribution in [2.45, 2.75) is 32.1 Å². The first-order valence-electron chi connectivity index (χ1n) is 9.20. The zero-order chi connectivity index (χ0) is 18.3. The molecule has 3 aromatic rings. The lowest BCUT2D eigenvalue weighted by atomic mass is 10.1. The predicted octanol–water partition coefficient (Wildman–Crippen LogP) is 4.06. The van der Waals surface area contributed by atoms with Crippen molar-refractivity contribution in [1.82, 2.24) is 15.0 Å². The highest BCUT2D eigenvalue weighted by molar-refractivity contribution is 5.62. The van der Waals surface area contributed by atoms with Gasteiger partial charge in [0.25, 0.3) is 0 Å². The van der Waals surface area contributed by atoms with Gasteiger partial charge in [0.05, 0.1) is 12.3 Å². The third kappa shape index (κ3) is 4.80. The minimum Gasteiger partial charge on any atom is -0.465 e. The van der Waals surface area contributed by atoms with Crippen LogP contribution in [-0.2, 0) is 11.3 Å². The molecule has 2 aromatic heterocycles. The molecule has 1 aliphatic rings. The third-order valence-electron chi connectivity index (χ3n) is 4.42. The quantitative estimate of drug-likeness (QED) is 0.713. The van der Waals surface area contributed by atoms with E-state index < -0.39 is 0 Å². The van der Waals surface area contributed by atoms with Gasteiger partial charge < -0.3 is 14.8 Å². The molecule has 0 bridgehead atoms. The number of hydrogen-bond acceptors (Lipinski definition) is 6. The van der Waals surface area contributed by atoms with E-state index in [1.807, 2.05) is 48.7 Å². The van der Waals surface area contributed by atoms with E-state index in [1.54, 1.807) is 12.5 Å². The summed E-state index contributed by atoms with van der Waals surface area (Å²) in [6, 6.07) is 13.8. The van der Waals surface area contributed by atoms with E-state index in [-0.39, 0.29) is 6.29 Å². The fourth-order valence-electron chi connectivity index (χ4n) is 2.97. The largest absolute Gasteiger partial charge is 0.465 e. The van der Waals surface area contributed by atoms with Crippen LogP contribution < -0.4 is 10.1 Å². The summed E-state index contributed by atoms with van der Waals surface area (Å²) in [4.78, 5) is 12.8. The number of ether oxygens (including phenoxy) is 2. The van der Waals surface area contributed by atoms with E-state index in [4.69, 9.17) is 9.47 Å². The number of rotatable bonds is 6. The molecule has 1 unspecified atom stereocenters. The monoisotopic (exact) mass is 362 g/mol. The highest BCUT2D eigenvalue weighted by atomic mass is 16.7. The lowest BCUT2D eigenvalue weighted by molar-refractivity contribution is -0.105. The Kier molecular flexibility index (Phi) is 5.55. The van der Waals surface area contributed by atoms with Crippen molar-refractivity contribution >= 4 is 5.82 Å². The minimum atomic E-state index is -0.132. The van der Waals surface area contributed by atoms with Gasteiger partial charge in [-0.3, -0.25) is 4.98 Å². The van der Waals surface area contributed by atoms with Crippen LogP contribution in [0.2, 0.25) is 0 Å². The van der Waals surface area contributed by atoms with E-state index in [1.165, 1.54) is 0 Å². The second kappa shape index (κ2) is 8.60. The summed E-state index contributed by atoms with van der Waals surface area (Å²) < 4.78 is 11.5. The fraction of sp³-hybridized carbons (Fsp3) is 0.286. The number of nitrogens with one attached hydrogen (secondary N) is 1. The molecule has 1 aliphatic heterocycles. The first-order chi connectivity index (χ1) is 13.4. The summed E-state index contributed by atoms with van der Waals surface area (Å²) >= 11 is 0. The SMILES string of the molecule is c1cncc(CNc2cc(-c3ccc(OC4CCCCO4)cc3)ncn2)c1. The Balaban J connectivity index is 1.40. The zero-order valence-electron chi connectivity index (χ0n) is 15.0. The fourth-order valence-corrected chi connectivity index (χ4v) is 2.97. The van der Waals surface area contributed by atoms with E-state index >= 15 is 0 Å². The molecular formula is C21H22N4O2. The molecule has 0 amide bonds. The second-order valence-corrected chi connectivity index (χ2v) is 6.44. The van der Waals surface area contributed by atoms with Crippen LogP contribution in [0.3, 0.4) is 0 Å². The summed E-state index contributed by atoms with van der Waals surface area (Å²) in [5.74, 6) is 1.59. The topological polar surface area (TPSA) is 69.2 Å². The maximum Gasteiger partial charge on any atom is 0.199 e. The molecule has 0 radical (unpaired) electrons. The number of hydrogen-bond donors (Lipinski definition) is 1. The van der Waals surface area contributed by atoms with Gasteiger partial charge in [-0.1, -0.05) is 6.07 Å². The molecule has 1 fully saturated rings. The Morgan fingerprint density at radius 1 is 1.11 bits per heavy atom. The van der Waals surface area contributed by atoms with Gasteiger partial charge >= 0.3 is 0 Å². The number of benzene rings is 1. The lowest BCUT2D eigenvalue weighted by Gasteiger charge is -2.23. The number of pyridine rings is 1. The van der Waals surface area contributed by atoms with E-state index in [9.17, 15) is 0 Å². The van der Waals surface area contributed by atoms with Crippen LogP contribution in [0.25, 0.3) is 11.3 Å². The van der Waals surface area contributed by atoms with Crippen molar-refractivity contribution in [3.63, 3.8) is 0 Å². The van der Waals surface area contributed by atoms with Crippen LogP contribution in [0.15, 0.2) is 61.2 Å². The van der Waals surface area contributed by atoms with Crippen LogP contribution >= 0.6 is 0 Å². The van der Waals surface area contributed by atoms with Crippen LogP contribution in [0.4, 0.5) is 5.82 Å². The van der Waals surface area contributed by atoms with E-state index in [0.717, 1.165) is 54.3 Å². The number of aromatic nitrogens is 3. The van der Waals surface area contributed by atoms with Crippen LogP contribution in [-0.4, -0.2) is 27.8 Å². The second-order valence-electron chi connectivity index (χ2n) is 6.44. The summed E-state index contributed by atoms with van der Waals surface area (Å²) in [7, 11) is 0. The van der Waals surface area contributed by atoms with Crippen molar-refractivity contribution in [3.05, 3.63) is 66.7 Å². The molecule has 1 saturated heterocycles. The van der Waals surface area contributed by atoms with Crippen molar-refractivity contribution in [2.24, 2.45) is 0 Å². The Morgan fingerprint density at radius 2 is 2.04 bits per heavy atom. The van der Waals surface area contributed by atoms with Gasteiger partial charge in [-0.25, -0.2) is 9.97 Å². The molecule has 1 N–H and O–H groups in total. The Bertz CT molecular complexity index is 850. The highest BCUT2D eigenvalue weighted by Crippen LogP contribution is 2.24. The molecule has 27 heavy (non-hydrogen) atoms. The molecule has 4 rings (SSSR count). The van der Waals surface area contributed by atoms with Crippen molar-refractivity contribution in [1.29, 1.82) is 0 Å². The molecule has 6 nitrogen and oxygen atoms in total. The zero-order valence-corrected chi connectivity index (χ0v) is 15.0. The number of nitrogens with zero attached hydrogens (tertiary/aromatic N) is 3. The summed E-state index contributed by atoms with van der Waals surface area (Å²) in [6.45, 7) is 1.44. The van der Waals surface area contributed by atoms with Gasteiger partial charge in [0, 0.05) is 37.0 Å². The summed E-state index contributed by atoms with van der Waals surface area (Å²) in [5, 5.41) is 3.30. The molecule has 0 saturated carbocycles. The average molecular weight is 362 g/mol. The normalized spacial score (nSPS) is 16.7. The van der Waals surface area contributed by atoms with Gasteiger partial charge in [-0.05, 0) is 48.7 Å². The van der Waals surface area contributed by atoms with Crippen LogP contribution in [0, 0.1) is 0 Å². The molecule has 1 atom stereocenters. The van der Waals surface area contributed by atoms with Gasteiger partial charge in [0.1, 0.15) is 17.9 Å². The maximum absolute atomic E-state index is 5.88. The van der Waals surface area contributed by atoms with Gasteiger partial charge in [0.2, 0.25) is 0 Å². The predicted molar refractivity (Wildman–Crippen MR) is 103 cm³/mol. The lowest BCUT2D eigenvalue weighted by Crippen LogP contribution is -2.24. The van der Waals surface area contributed by atoms with Crippen molar-refractivity contribution in [2.75, 3.05) is 11.9 Å². The molecule has 138 valence electrons. The van der Waals surface area contributed by atoms with Crippen LogP contribution in [0.1, 0.15) is 24.8 Å². The molecule has 3 heterocycles. The van der Waals surface area contributed by atoms with Crippen LogP contribution in [0.5, 0.6) is 5.75 Å². The summed E-state index contributed by atoms with van der Waals surface area (Å²) in [6.07, 6.45) is 8.25. The highest BCUT2D eigenvalue weighted by Gasteiger charge is 2.15. The average Bonchev–Trinajstić information content (AvgIpc) is 2.75. The minimum absolute atomic E-state index is 0.132. The Labute approximate surface area is 158 Å². The smallest absolute Gasteiger partial charge is 0.199 e. The maximum atomic E-state index is 5.88. The summed E-state index contributed by atoms with van der Waals surface area (Å²) in [5.41, 5.74) is 2.97. The number of anilines is 1. The molecule has 6 heteroatoms. The third-order valence-corrected chi connectivity index (χ3v) is 4.42. The first-order valence-corrected chi connectivity index (χ1v) is 9.20. The van der Waals surface area contributed by atoms with Crippen molar-refractivity contribution in [3.8, 4) is 17.0 Å². The van der Waals surface area contributed by atoms with Crippen molar-refractivity contribution < 1.29 is 9.47 Å². The van der Waals surface area contributed by atoms with Gasteiger partial charge in [-0.15, -0.1) is 0 Å². The molecule has 1 aromatic carbocycles.